The number of carbonyl (C=O) groups is 1. The molecule has 0 bridgehead atoms. The third-order valence-electron chi connectivity index (χ3n) is 5.31. The molecule has 0 spiro atoms. The van der Waals surface area contributed by atoms with Gasteiger partial charge in [0.15, 0.2) is 11.5 Å². The summed E-state index contributed by atoms with van der Waals surface area (Å²) in [4.78, 5) is 15.9. The van der Waals surface area contributed by atoms with Gasteiger partial charge in [0.2, 0.25) is 10.0 Å². The molecule has 1 atom stereocenters. The minimum Gasteiger partial charge on any atom is -0.352 e. The molecule has 1 aliphatic rings. The number of nitrogens with one attached hydrogen (secondary N) is 1. The van der Waals surface area contributed by atoms with Gasteiger partial charge in [-0.2, -0.15) is 4.31 Å². The normalized spacial score (nSPS) is 18.7. The van der Waals surface area contributed by atoms with Crippen molar-refractivity contribution in [1.82, 2.24) is 29.1 Å². The molecule has 11 heteroatoms. The van der Waals surface area contributed by atoms with Crippen molar-refractivity contribution >= 4 is 32.9 Å². The van der Waals surface area contributed by atoms with Crippen LogP contribution in [0.25, 0.3) is 5.65 Å². The lowest BCUT2D eigenvalue weighted by Crippen LogP contribution is -2.49. The second-order valence-electron chi connectivity index (χ2n) is 7.41. The van der Waals surface area contributed by atoms with Gasteiger partial charge in [-0.15, -0.1) is 21.5 Å². The number of amides is 1. The Bertz CT molecular complexity index is 1140. The van der Waals surface area contributed by atoms with E-state index >= 15 is 0 Å². The number of sulfonamides is 1. The quantitative estimate of drug-likeness (QED) is 0.604. The minimum absolute atomic E-state index is 0.164. The largest absolute Gasteiger partial charge is 0.352 e. The molecule has 3 aromatic heterocycles. The van der Waals surface area contributed by atoms with Crippen molar-refractivity contribution in [1.29, 1.82) is 0 Å². The molecule has 0 aromatic carbocycles. The van der Waals surface area contributed by atoms with E-state index in [4.69, 9.17) is 0 Å². The molecule has 1 saturated heterocycles. The third kappa shape index (κ3) is 4.38. The fourth-order valence-corrected chi connectivity index (χ4v) is 5.09. The highest BCUT2D eigenvalue weighted by atomic mass is 32.2. The molecule has 0 unspecified atom stereocenters. The van der Waals surface area contributed by atoms with E-state index < -0.39 is 10.0 Å². The maximum absolute atomic E-state index is 12.6. The Morgan fingerprint density at radius 3 is 2.83 bits per heavy atom. The van der Waals surface area contributed by atoms with Crippen LogP contribution in [0.5, 0.6) is 0 Å². The van der Waals surface area contributed by atoms with Crippen LogP contribution in [0, 0.1) is 0 Å². The van der Waals surface area contributed by atoms with Crippen LogP contribution in [0.4, 0.5) is 0 Å². The lowest BCUT2D eigenvalue weighted by atomic mass is 10.2. The molecular formula is C19H24N6O3S2. The van der Waals surface area contributed by atoms with Crippen LogP contribution in [0.2, 0.25) is 0 Å². The molecule has 1 aliphatic heterocycles. The maximum Gasteiger partial charge on any atom is 0.252 e. The first-order chi connectivity index (χ1) is 14.3. The molecule has 4 rings (SSSR count). The van der Waals surface area contributed by atoms with Crippen molar-refractivity contribution in [3.8, 4) is 0 Å². The number of aromatic nitrogens is 3. The molecule has 4 heterocycles. The van der Waals surface area contributed by atoms with Gasteiger partial charge in [-0.25, -0.2) is 8.42 Å². The fraction of sp³-hybridized carbons (Fsp3) is 0.421. The number of likely N-dealkylation sites (N-methyl/N-ethyl adjacent to an activating group) is 1. The summed E-state index contributed by atoms with van der Waals surface area (Å²) in [5.74, 6) is 0.456. The number of nitrogens with zero attached hydrogens (tertiary/aromatic N) is 5. The molecule has 9 nitrogen and oxygen atoms in total. The number of rotatable bonds is 6. The summed E-state index contributed by atoms with van der Waals surface area (Å²) in [5, 5.41) is 13.5. The first-order valence-electron chi connectivity index (χ1n) is 9.63. The van der Waals surface area contributed by atoms with Gasteiger partial charge in [0.25, 0.3) is 5.91 Å². The van der Waals surface area contributed by atoms with E-state index in [-0.39, 0.29) is 11.9 Å². The highest BCUT2D eigenvalue weighted by molar-refractivity contribution is 7.88. The summed E-state index contributed by atoms with van der Waals surface area (Å²) in [7, 11) is -1.35. The maximum atomic E-state index is 12.6. The van der Waals surface area contributed by atoms with Gasteiger partial charge < -0.3 is 5.32 Å². The Morgan fingerprint density at radius 1 is 1.27 bits per heavy atom. The number of thiophene rings is 1. The number of fused-ring (bicyclic) bond motifs is 1. The van der Waals surface area contributed by atoms with Gasteiger partial charge in [-0.05, 0) is 37.0 Å². The van der Waals surface area contributed by atoms with Crippen LogP contribution in [0.15, 0.2) is 35.8 Å². The summed E-state index contributed by atoms with van der Waals surface area (Å²) in [6.45, 7) is 1.89. The van der Waals surface area contributed by atoms with Crippen molar-refractivity contribution in [2.75, 3.05) is 39.5 Å². The summed E-state index contributed by atoms with van der Waals surface area (Å²) in [6, 6.07) is 7.27. The van der Waals surface area contributed by atoms with Crippen LogP contribution in [-0.4, -0.2) is 77.6 Å². The minimum atomic E-state index is -3.29. The van der Waals surface area contributed by atoms with Gasteiger partial charge in [0, 0.05) is 37.3 Å². The molecule has 0 aliphatic carbocycles. The van der Waals surface area contributed by atoms with Crippen LogP contribution in [0.1, 0.15) is 27.1 Å². The van der Waals surface area contributed by atoms with E-state index in [9.17, 15) is 13.2 Å². The topological polar surface area (TPSA) is 99.9 Å². The van der Waals surface area contributed by atoms with Crippen LogP contribution >= 0.6 is 11.3 Å². The molecule has 30 heavy (non-hydrogen) atoms. The highest BCUT2D eigenvalue weighted by Crippen LogP contribution is 2.24. The zero-order valence-corrected chi connectivity index (χ0v) is 18.5. The lowest BCUT2D eigenvalue weighted by molar-refractivity contribution is 0.0953. The Labute approximate surface area is 179 Å². The number of piperazine rings is 1. The van der Waals surface area contributed by atoms with E-state index in [0.717, 1.165) is 6.42 Å². The van der Waals surface area contributed by atoms with Crippen molar-refractivity contribution in [3.05, 3.63) is 52.1 Å². The monoisotopic (exact) mass is 448 g/mol. The summed E-state index contributed by atoms with van der Waals surface area (Å²) < 4.78 is 27.3. The Kier molecular flexibility index (Phi) is 5.87. The van der Waals surface area contributed by atoms with Crippen LogP contribution in [-0.2, 0) is 16.4 Å². The molecule has 3 aromatic rings. The Balaban J connectivity index is 1.54. The van der Waals surface area contributed by atoms with Crippen molar-refractivity contribution in [3.63, 3.8) is 0 Å². The molecule has 0 radical (unpaired) electrons. The average molecular weight is 449 g/mol. The van der Waals surface area contributed by atoms with E-state index in [1.54, 1.807) is 34.1 Å². The standard InChI is InChI=1S/C19H24N6O3S2/c1-23-9-10-24(30(2,27)28)13-16(23)18-22-21-17-6-5-14(12-25(17)18)19(26)20-8-7-15-4-3-11-29-15/h3-6,11-12,16H,7-10,13H2,1-2H3,(H,20,26)/t16-/m0/s1. The molecular weight excluding hydrogens is 424 g/mol. The molecule has 1 amide bonds. The van der Waals surface area contributed by atoms with E-state index in [1.807, 2.05) is 24.6 Å². The predicted molar refractivity (Wildman–Crippen MR) is 115 cm³/mol. The summed E-state index contributed by atoms with van der Waals surface area (Å²) in [6.07, 6.45) is 3.73. The second-order valence-corrected chi connectivity index (χ2v) is 10.4. The zero-order chi connectivity index (χ0) is 21.3. The number of hydrogen-bond acceptors (Lipinski definition) is 7. The summed E-state index contributed by atoms with van der Waals surface area (Å²) in [5.41, 5.74) is 1.12. The van der Waals surface area contributed by atoms with Crippen LogP contribution in [0.3, 0.4) is 0 Å². The number of hydrogen-bond donors (Lipinski definition) is 1. The smallest absolute Gasteiger partial charge is 0.252 e. The molecule has 0 saturated carbocycles. The van der Waals surface area contributed by atoms with E-state index in [1.165, 1.54) is 15.4 Å². The van der Waals surface area contributed by atoms with Crippen molar-refractivity contribution < 1.29 is 13.2 Å². The average Bonchev–Trinajstić information content (AvgIpc) is 3.36. The third-order valence-corrected chi connectivity index (χ3v) is 7.51. The SMILES string of the molecule is CN1CCN(S(C)(=O)=O)C[C@H]1c1nnc2ccc(C(=O)NCCc3cccs3)cn12. The van der Waals surface area contributed by atoms with E-state index in [2.05, 4.69) is 20.4 Å². The van der Waals surface area contributed by atoms with Gasteiger partial charge in [-0.3, -0.25) is 14.1 Å². The zero-order valence-electron chi connectivity index (χ0n) is 16.9. The van der Waals surface area contributed by atoms with Gasteiger partial charge in [-0.1, -0.05) is 6.07 Å². The van der Waals surface area contributed by atoms with Crippen molar-refractivity contribution in [2.24, 2.45) is 0 Å². The summed E-state index contributed by atoms with van der Waals surface area (Å²) >= 11 is 1.67. The highest BCUT2D eigenvalue weighted by Gasteiger charge is 2.33. The lowest BCUT2D eigenvalue weighted by Gasteiger charge is -2.37. The van der Waals surface area contributed by atoms with E-state index in [0.29, 0.717) is 43.2 Å². The van der Waals surface area contributed by atoms with Gasteiger partial charge >= 0.3 is 0 Å². The van der Waals surface area contributed by atoms with Gasteiger partial charge in [0.1, 0.15) is 0 Å². The first-order valence-corrected chi connectivity index (χ1v) is 12.4. The molecule has 1 N–H and O–H groups in total. The Hall–Kier alpha value is -2.34. The molecule has 1 fully saturated rings. The fourth-order valence-electron chi connectivity index (χ4n) is 3.55. The van der Waals surface area contributed by atoms with Gasteiger partial charge in [0.05, 0.1) is 17.9 Å². The van der Waals surface area contributed by atoms with Crippen molar-refractivity contribution in [2.45, 2.75) is 12.5 Å². The molecule has 160 valence electrons. The number of pyridine rings is 1. The first kappa shape index (κ1) is 20.9. The van der Waals surface area contributed by atoms with Crippen LogP contribution < -0.4 is 5.32 Å². The Morgan fingerprint density at radius 2 is 2.10 bits per heavy atom. The predicted octanol–water partition coefficient (Wildman–Crippen LogP) is 1.01. The second kappa shape index (κ2) is 8.42. The number of carbonyl (C=O) groups excluding carboxylic acids is 1.